The molecule has 12 aromatic rings. The molecule has 0 fully saturated rings. The molecule has 0 saturated carbocycles. The Bertz CT molecular complexity index is 4020. The first kappa shape index (κ1) is 42.7. The Hall–Kier alpha value is -8.67. The fourth-order valence-corrected chi connectivity index (χ4v) is 11.2. The lowest BCUT2D eigenvalue weighted by Crippen LogP contribution is -2.16. The summed E-state index contributed by atoms with van der Waals surface area (Å²) in [5.41, 5.74) is 14.4. The molecule has 5 nitrogen and oxygen atoms in total. The first-order valence-corrected chi connectivity index (χ1v) is 24.4. The molecule has 5 heteroatoms. The van der Waals surface area contributed by atoms with Crippen molar-refractivity contribution in [3.63, 3.8) is 0 Å². The Morgan fingerprint density at radius 1 is 0.443 bits per heavy atom. The van der Waals surface area contributed by atoms with E-state index in [-0.39, 0.29) is 5.41 Å². The largest absolute Gasteiger partial charge is 0.309 e. The van der Waals surface area contributed by atoms with E-state index in [9.17, 15) is 0 Å². The quantitative estimate of drug-likeness (QED) is 0.160. The summed E-state index contributed by atoms with van der Waals surface area (Å²) in [5.74, 6) is 1.90. The molecule has 0 radical (unpaired) electrons. The average Bonchev–Trinajstić information content (AvgIpc) is 4.00. The Morgan fingerprint density at radius 2 is 0.943 bits per heavy atom. The summed E-state index contributed by atoms with van der Waals surface area (Å²) in [6.45, 7) is 15.1. The number of aromatic nitrogens is 5. The molecular weight excluding hydrogens is 851 g/mol. The molecule has 0 amide bonds. The monoisotopic (exact) mass is 901 g/mol. The first-order valence-electron chi connectivity index (χ1n) is 24.4. The van der Waals surface area contributed by atoms with Crippen LogP contribution in [0.25, 0.3) is 116 Å². The fourth-order valence-electron chi connectivity index (χ4n) is 11.2. The highest BCUT2D eigenvalue weighted by Gasteiger charge is 2.37. The molecule has 9 aromatic carbocycles. The fraction of sp³-hybridized carbons (Fsp3) is 0.0923. The standard InChI is InChI=1S/C63H45N5.C2H6/c1-5-21-42-49-36-50-56(37-52(49)63(3,4)51(42)6-2)68(58-38-57(46-30-15-16-31-47(46)59(50)58)67-53-32-19-17-28-44(53)45-29-18-20-33-54(45)67)55-35-34-48(41-26-13-14-27-43(41)55)62-65-60(39-22-9-7-10-23-39)64-61(66-62)40-24-11-8-12-25-40;1-2/h5-38H,2H2,1,3-4H3;1-2H3/b21-5-;. The molecule has 3 aromatic heterocycles. The number of benzene rings is 9. The number of hydrogen-bond acceptors (Lipinski definition) is 3. The van der Waals surface area contributed by atoms with Gasteiger partial charge in [-0.15, -0.1) is 0 Å². The van der Waals surface area contributed by atoms with Crippen LogP contribution >= 0.6 is 0 Å². The van der Waals surface area contributed by atoms with Crippen molar-refractivity contribution in [3.05, 3.63) is 230 Å². The molecule has 0 unspecified atom stereocenters. The van der Waals surface area contributed by atoms with E-state index < -0.39 is 0 Å². The molecule has 0 bridgehead atoms. The minimum atomic E-state index is -0.269. The SMILES string of the molecule is C=CC1=C(/C=C\C)c2cc3c4c5ccccc5c(-n5c6ccccc6c6ccccc65)cc4n(-c4ccc(-c5nc(-c6ccccc6)nc(-c6ccccc6)n5)c5ccccc45)c3cc2C1(C)C.CC. The van der Waals surface area contributed by atoms with Crippen LogP contribution < -0.4 is 0 Å². The van der Waals surface area contributed by atoms with Crippen LogP contribution in [0.1, 0.15) is 45.7 Å². The van der Waals surface area contributed by atoms with Gasteiger partial charge in [0, 0.05) is 54.4 Å². The maximum atomic E-state index is 5.21. The molecular formula is C65H51N5. The molecule has 0 spiro atoms. The second-order valence-corrected chi connectivity index (χ2v) is 18.3. The van der Waals surface area contributed by atoms with Crippen molar-refractivity contribution in [2.75, 3.05) is 0 Å². The minimum absolute atomic E-state index is 0.269. The normalized spacial score (nSPS) is 13.3. The first-order chi connectivity index (χ1) is 34.4. The van der Waals surface area contributed by atoms with Crippen LogP contribution in [0, 0.1) is 0 Å². The van der Waals surface area contributed by atoms with E-state index in [1.807, 2.05) is 50.2 Å². The van der Waals surface area contributed by atoms with E-state index >= 15 is 0 Å². The molecule has 0 N–H and O–H groups in total. The van der Waals surface area contributed by atoms with Crippen LogP contribution in [0.5, 0.6) is 0 Å². The van der Waals surface area contributed by atoms with Gasteiger partial charge in [-0.05, 0) is 82.4 Å². The van der Waals surface area contributed by atoms with Gasteiger partial charge in [0.15, 0.2) is 17.5 Å². The third-order valence-corrected chi connectivity index (χ3v) is 14.3. The third-order valence-electron chi connectivity index (χ3n) is 14.3. The Labute approximate surface area is 408 Å². The van der Waals surface area contributed by atoms with Crippen molar-refractivity contribution >= 4 is 70.7 Å². The van der Waals surface area contributed by atoms with Crippen LogP contribution in [0.4, 0.5) is 0 Å². The molecule has 0 saturated heterocycles. The smallest absolute Gasteiger partial charge is 0.164 e. The van der Waals surface area contributed by atoms with Gasteiger partial charge in [0.05, 0.1) is 33.4 Å². The summed E-state index contributed by atoms with van der Waals surface area (Å²) in [5, 5.41) is 9.45. The molecule has 0 atom stereocenters. The maximum absolute atomic E-state index is 5.21. The van der Waals surface area contributed by atoms with Gasteiger partial charge >= 0.3 is 0 Å². The predicted octanol–water partition coefficient (Wildman–Crippen LogP) is 17.2. The van der Waals surface area contributed by atoms with Crippen LogP contribution in [-0.4, -0.2) is 24.1 Å². The summed E-state index contributed by atoms with van der Waals surface area (Å²) in [7, 11) is 0. The van der Waals surface area contributed by atoms with E-state index in [0.717, 1.165) is 49.9 Å². The second-order valence-electron chi connectivity index (χ2n) is 18.3. The lowest BCUT2D eigenvalue weighted by atomic mass is 9.81. The van der Waals surface area contributed by atoms with Gasteiger partial charge in [-0.2, -0.15) is 0 Å². The van der Waals surface area contributed by atoms with Crippen molar-refractivity contribution in [2.45, 2.75) is 40.0 Å². The zero-order valence-corrected chi connectivity index (χ0v) is 40.1. The van der Waals surface area contributed by atoms with Gasteiger partial charge in [0.2, 0.25) is 0 Å². The Balaban J connectivity index is 0.00000249. The third kappa shape index (κ3) is 6.42. The summed E-state index contributed by atoms with van der Waals surface area (Å²) < 4.78 is 4.99. The number of nitrogens with zero attached hydrogens (tertiary/aromatic N) is 5. The highest BCUT2D eigenvalue weighted by Crippen LogP contribution is 2.51. The molecule has 1 aliphatic carbocycles. The van der Waals surface area contributed by atoms with E-state index in [1.54, 1.807) is 0 Å². The van der Waals surface area contributed by atoms with Crippen molar-refractivity contribution in [3.8, 4) is 45.5 Å². The van der Waals surface area contributed by atoms with Crippen LogP contribution in [0.15, 0.2) is 218 Å². The van der Waals surface area contributed by atoms with Gasteiger partial charge in [0.25, 0.3) is 0 Å². The van der Waals surface area contributed by atoms with Gasteiger partial charge in [-0.3, -0.25) is 0 Å². The van der Waals surface area contributed by atoms with Gasteiger partial charge < -0.3 is 9.13 Å². The number of allylic oxidation sites excluding steroid dienone is 5. The van der Waals surface area contributed by atoms with Crippen molar-refractivity contribution in [1.82, 2.24) is 24.1 Å². The van der Waals surface area contributed by atoms with Gasteiger partial charge in [0.1, 0.15) is 0 Å². The van der Waals surface area contributed by atoms with Crippen LogP contribution in [0.2, 0.25) is 0 Å². The van der Waals surface area contributed by atoms with Crippen molar-refractivity contribution in [2.24, 2.45) is 0 Å². The molecule has 0 aliphatic heterocycles. The topological polar surface area (TPSA) is 48.5 Å². The van der Waals surface area contributed by atoms with E-state index in [0.29, 0.717) is 17.5 Å². The minimum Gasteiger partial charge on any atom is -0.309 e. The molecule has 336 valence electrons. The Morgan fingerprint density at radius 3 is 1.53 bits per heavy atom. The van der Waals surface area contributed by atoms with Gasteiger partial charge in [-0.25, -0.2) is 15.0 Å². The van der Waals surface area contributed by atoms with Crippen LogP contribution in [0.3, 0.4) is 0 Å². The maximum Gasteiger partial charge on any atom is 0.164 e. The molecule has 13 rings (SSSR count). The zero-order chi connectivity index (χ0) is 47.7. The number of fused-ring (bicyclic) bond motifs is 10. The molecule has 70 heavy (non-hydrogen) atoms. The van der Waals surface area contributed by atoms with Crippen LogP contribution in [-0.2, 0) is 5.41 Å². The number of para-hydroxylation sites is 2. The number of rotatable bonds is 7. The van der Waals surface area contributed by atoms with Crippen molar-refractivity contribution < 1.29 is 0 Å². The highest BCUT2D eigenvalue weighted by atomic mass is 15.0. The van der Waals surface area contributed by atoms with E-state index in [2.05, 4.69) is 206 Å². The highest BCUT2D eigenvalue weighted by molar-refractivity contribution is 6.25. The summed E-state index contributed by atoms with van der Waals surface area (Å²) >= 11 is 0. The number of hydrogen-bond donors (Lipinski definition) is 0. The summed E-state index contributed by atoms with van der Waals surface area (Å²) in [6.07, 6.45) is 6.46. The van der Waals surface area contributed by atoms with E-state index in [4.69, 9.17) is 15.0 Å². The summed E-state index contributed by atoms with van der Waals surface area (Å²) in [6, 6.07) is 67.5. The molecule has 1 aliphatic rings. The van der Waals surface area contributed by atoms with E-state index in [1.165, 1.54) is 65.6 Å². The zero-order valence-electron chi connectivity index (χ0n) is 40.1. The lowest BCUT2D eigenvalue weighted by molar-refractivity contribution is 0.655. The second kappa shape index (κ2) is 16.8. The van der Waals surface area contributed by atoms with Crippen molar-refractivity contribution in [1.29, 1.82) is 0 Å². The summed E-state index contributed by atoms with van der Waals surface area (Å²) in [4.78, 5) is 15.4. The average molecular weight is 902 g/mol. The molecule has 3 heterocycles. The Kier molecular flexibility index (Phi) is 10.3. The predicted molar refractivity (Wildman–Crippen MR) is 296 cm³/mol. The van der Waals surface area contributed by atoms with Gasteiger partial charge in [-0.1, -0.05) is 198 Å². The lowest BCUT2D eigenvalue weighted by Gasteiger charge is -2.23.